The summed E-state index contributed by atoms with van der Waals surface area (Å²) in [5.41, 5.74) is 5.50. The molecule has 17 heavy (non-hydrogen) atoms. The number of ether oxygens (including phenoxy) is 1. The lowest BCUT2D eigenvalue weighted by molar-refractivity contribution is -0.385. The molecule has 92 valence electrons. The second-order valence-electron chi connectivity index (χ2n) is 3.79. The molecule has 2 N–H and O–H groups in total. The number of nitrogen functional groups attached to an aromatic ring is 1. The molecule has 1 unspecified atom stereocenters. The normalized spacial score (nSPS) is 19.4. The number of nitrogens with two attached hydrogens (primary N) is 1. The van der Waals surface area contributed by atoms with Crippen LogP contribution in [-0.4, -0.2) is 28.4 Å². The van der Waals surface area contributed by atoms with E-state index in [1.807, 2.05) is 0 Å². The Morgan fingerprint density at radius 1 is 1.65 bits per heavy atom. The molecule has 1 aliphatic heterocycles. The van der Waals surface area contributed by atoms with Gasteiger partial charge in [0.25, 0.3) is 5.69 Å². The van der Waals surface area contributed by atoms with Gasteiger partial charge in [-0.15, -0.1) is 11.8 Å². The Morgan fingerprint density at radius 2 is 2.47 bits per heavy atom. The number of aromatic nitrogens is 1. The van der Waals surface area contributed by atoms with Crippen LogP contribution >= 0.6 is 11.8 Å². The Balaban J connectivity index is 2.01. The van der Waals surface area contributed by atoms with E-state index in [0.29, 0.717) is 5.03 Å². The summed E-state index contributed by atoms with van der Waals surface area (Å²) >= 11 is 1.44. The van der Waals surface area contributed by atoms with Crippen LogP contribution in [0.4, 0.5) is 11.5 Å². The van der Waals surface area contributed by atoms with Crippen LogP contribution in [0.3, 0.4) is 0 Å². The van der Waals surface area contributed by atoms with Crippen molar-refractivity contribution < 1.29 is 9.66 Å². The number of thioether (sulfide) groups is 1. The fourth-order valence-corrected chi connectivity index (χ4v) is 2.64. The van der Waals surface area contributed by atoms with Crippen molar-refractivity contribution in [2.75, 3.05) is 18.1 Å². The highest BCUT2D eigenvalue weighted by molar-refractivity contribution is 7.99. The quantitative estimate of drug-likeness (QED) is 0.501. The van der Waals surface area contributed by atoms with Crippen LogP contribution in [0.5, 0.6) is 0 Å². The van der Waals surface area contributed by atoms with E-state index in [0.717, 1.165) is 25.2 Å². The SMILES string of the molecule is Nc1cc([N+](=O)[O-])cc(SCC2CCCO2)n1. The lowest BCUT2D eigenvalue weighted by Gasteiger charge is -2.08. The molecule has 1 aliphatic rings. The van der Waals surface area contributed by atoms with Gasteiger partial charge in [-0.2, -0.15) is 0 Å². The topological polar surface area (TPSA) is 91.3 Å². The maximum atomic E-state index is 10.7. The van der Waals surface area contributed by atoms with Crippen LogP contribution in [0.1, 0.15) is 12.8 Å². The summed E-state index contributed by atoms with van der Waals surface area (Å²) in [6, 6.07) is 2.70. The minimum atomic E-state index is -0.464. The minimum absolute atomic E-state index is 0.0210. The molecule has 1 fully saturated rings. The average Bonchev–Trinajstić information content (AvgIpc) is 2.78. The zero-order valence-corrected chi connectivity index (χ0v) is 9.98. The summed E-state index contributed by atoms with van der Waals surface area (Å²) < 4.78 is 5.47. The molecular formula is C10H13N3O3S. The van der Waals surface area contributed by atoms with Crippen LogP contribution in [-0.2, 0) is 4.74 Å². The summed E-state index contributed by atoms with van der Waals surface area (Å²) in [5, 5.41) is 11.2. The fraction of sp³-hybridized carbons (Fsp3) is 0.500. The van der Waals surface area contributed by atoms with Gasteiger partial charge < -0.3 is 10.5 Å². The van der Waals surface area contributed by atoms with Gasteiger partial charge in [-0.05, 0) is 12.8 Å². The lowest BCUT2D eigenvalue weighted by atomic mass is 10.3. The summed E-state index contributed by atoms with van der Waals surface area (Å²) in [6.07, 6.45) is 2.34. The number of rotatable bonds is 4. The average molecular weight is 255 g/mol. The molecule has 1 saturated heterocycles. The van der Waals surface area contributed by atoms with Crippen LogP contribution in [0.2, 0.25) is 0 Å². The monoisotopic (exact) mass is 255 g/mol. The summed E-state index contributed by atoms with van der Waals surface area (Å²) in [5.74, 6) is 0.933. The van der Waals surface area contributed by atoms with E-state index in [4.69, 9.17) is 10.5 Å². The van der Waals surface area contributed by atoms with Gasteiger partial charge in [0.15, 0.2) is 0 Å². The molecule has 7 heteroatoms. The fourth-order valence-electron chi connectivity index (χ4n) is 1.64. The summed E-state index contributed by atoms with van der Waals surface area (Å²) in [7, 11) is 0. The first-order chi connectivity index (χ1) is 8.15. The van der Waals surface area contributed by atoms with Gasteiger partial charge in [-0.25, -0.2) is 4.98 Å². The lowest BCUT2D eigenvalue weighted by Crippen LogP contribution is -2.08. The van der Waals surface area contributed by atoms with Gasteiger partial charge in [0.05, 0.1) is 17.1 Å². The highest BCUT2D eigenvalue weighted by Crippen LogP contribution is 2.26. The molecule has 1 aromatic heterocycles. The van der Waals surface area contributed by atoms with Crippen molar-refractivity contribution in [2.24, 2.45) is 0 Å². The van der Waals surface area contributed by atoms with Crippen molar-refractivity contribution in [3.8, 4) is 0 Å². The van der Waals surface area contributed by atoms with Crippen LogP contribution < -0.4 is 5.73 Å². The standard InChI is InChI=1S/C10H13N3O3S/c11-9-4-7(13(14)15)5-10(12-9)17-6-8-2-1-3-16-8/h4-5,8H,1-3,6H2,(H2,11,12). The first kappa shape index (κ1) is 12.1. The molecule has 2 heterocycles. The molecule has 0 aliphatic carbocycles. The van der Waals surface area contributed by atoms with E-state index in [1.54, 1.807) is 0 Å². The first-order valence-corrected chi connectivity index (χ1v) is 6.30. The first-order valence-electron chi connectivity index (χ1n) is 5.31. The zero-order valence-electron chi connectivity index (χ0n) is 9.17. The largest absolute Gasteiger partial charge is 0.383 e. The van der Waals surface area contributed by atoms with Crippen molar-refractivity contribution in [3.05, 3.63) is 22.2 Å². The minimum Gasteiger partial charge on any atom is -0.383 e. The van der Waals surface area contributed by atoms with Crippen LogP contribution in [0.25, 0.3) is 0 Å². The van der Waals surface area contributed by atoms with Crippen LogP contribution in [0.15, 0.2) is 17.2 Å². The van der Waals surface area contributed by atoms with Gasteiger partial charge >= 0.3 is 0 Å². The van der Waals surface area contributed by atoms with Crippen molar-refractivity contribution in [1.82, 2.24) is 4.98 Å². The van der Waals surface area contributed by atoms with Crippen molar-refractivity contribution in [2.45, 2.75) is 24.0 Å². The highest BCUT2D eigenvalue weighted by atomic mass is 32.2. The van der Waals surface area contributed by atoms with Crippen molar-refractivity contribution >= 4 is 23.3 Å². The Hall–Kier alpha value is -1.34. The smallest absolute Gasteiger partial charge is 0.275 e. The summed E-state index contributed by atoms with van der Waals surface area (Å²) in [4.78, 5) is 14.2. The Labute approximate surface area is 103 Å². The molecule has 6 nitrogen and oxygen atoms in total. The molecule has 1 atom stereocenters. The number of hydrogen-bond acceptors (Lipinski definition) is 6. The number of nitrogens with zero attached hydrogens (tertiary/aromatic N) is 2. The Kier molecular flexibility index (Phi) is 3.80. The van der Waals surface area contributed by atoms with Gasteiger partial charge in [0.1, 0.15) is 10.8 Å². The Morgan fingerprint density at radius 3 is 3.12 bits per heavy atom. The maximum Gasteiger partial charge on any atom is 0.275 e. The van der Waals surface area contributed by atoms with Crippen LogP contribution in [0, 0.1) is 10.1 Å². The third-order valence-electron chi connectivity index (χ3n) is 2.46. The van der Waals surface area contributed by atoms with Gasteiger partial charge in [-0.1, -0.05) is 0 Å². The molecule has 0 amide bonds. The second-order valence-corrected chi connectivity index (χ2v) is 4.83. The molecule has 0 bridgehead atoms. The van der Waals surface area contributed by atoms with E-state index in [9.17, 15) is 10.1 Å². The predicted octanol–water partition coefficient (Wildman–Crippen LogP) is 1.84. The summed E-state index contributed by atoms with van der Waals surface area (Å²) in [6.45, 7) is 0.801. The van der Waals surface area contributed by atoms with Crippen molar-refractivity contribution in [3.63, 3.8) is 0 Å². The van der Waals surface area contributed by atoms with Gasteiger partial charge in [0.2, 0.25) is 0 Å². The number of nitro groups is 1. The predicted molar refractivity (Wildman–Crippen MR) is 65.0 cm³/mol. The molecule has 0 radical (unpaired) electrons. The van der Waals surface area contributed by atoms with E-state index in [1.165, 1.54) is 23.9 Å². The zero-order chi connectivity index (χ0) is 12.3. The third kappa shape index (κ3) is 3.31. The number of pyridine rings is 1. The molecule has 2 rings (SSSR count). The van der Waals surface area contributed by atoms with Crippen molar-refractivity contribution in [1.29, 1.82) is 0 Å². The van der Waals surface area contributed by atoms with Gasteiger partial charge in [-0.3, -0.25) is 10.1 Å². The highest BCUT2D eigenvalue weighted by Gasteiger charge is 2.17. The molecule has 0 spiro atoms. The van der Waals surface area contributed by atoms with Gasteiger partial charge in [0, 0.05) is 18.4 Å². The van der Waals surface area contributed by atoms with E-state index >= 15 is 0 Å². The molecule has 0 aromatic carbocycles. The number of anilines is 1. The van der Waals surface area contributed by atoms with E-state index < -0.39 is 4.92 Å². The molecular weight excluding hydrogens is 242 g/mol. The Bertz CT molecular complexity index is 421. The second kappa shape index (κ2) is 5.33. The molecule has 1 aromatic rings. The third-order valence-corrected chi connectivity index (χ3v) is 3.50. The maximum absolute atomic E-state index is 10.7. The van der Waals surface area contributed by atoms with E-state index in [2.05, 4.69) is 4.98 Å². The van der Waals surface area contributed by atoms with E-state index in [-0.39, 0.29) is 17.6 Å². The number of hydrogen-bond donors (Lipinski definition) is 1. The molecule has 0 saturated carbocycles.